The SMILES string of the molecule is Cc1ccc(CN2CC(C(=O)Nc3ccc(N4CCOCC4)cn3)CC2=O)cc1. The third-order valence-electron chi connectivity index (χ3n) is 5.45. The minimum atomic E-state index is -0.353. The largest absolute Gasteiger partial charge is 0.378 e. The highest BCUT2D eigenvalue weighted by atomic mass is 16.5. The maximum atomic E-state index is 12.6. The lowest BCUT2D eigenvalue weighted by molar-refractivity contribution is -0.128. The van der Waals surface area contributed by atoms with Crippen molar-refractivity contribution in [3.8, 4) is 0 Å². The van der Waals surface area contributed by atoms with Crippen LogP contribution < -0.4 is 10.2 Å². The number of aromatic nitrogens is 1. The first kappa shape index (κ1) is 19.4. The summed E-state index contributed by atoms with van der Waals surface area (Å²) in [4.78, 5) is 33.3. The number of likely N-dealkylation sites (tertiary alicyclic amines) is 1. The molecule has 2 aromatic rings. The third kappa shape index (κ3) is 4.74. The van der Waals surface area contributed by atoms with Crippen LogP contribution in [0.3, 0.4) is 0 Å². The fourth-order valence-corrected chi connectivity index (χ4v) is 3.71. The maximum absolute atomic E-state index is 12.6. The number of morpholine rings is 1. The Labute approximate surface area is 170 Å². The Hall–Kier alpha value is -2.93. The van der Waals surface area contributed by atoms with Crippen LogP contribution in [0.1, 0.15) is 17.5 Å². The molecule has 0 radical (unpaired) electrons. The number of amides is 2. The second kappa shape index (κ2) is 8.61. The van der Waals surface area contributed by atoms with Crippen molar-refractivity contribution in [2.75, 3.05) is 43.1 Å². The molecule has 0 spiro atoms. The van der Waals surface area contributed by atoms with Crippen LogP contribution in [-0.4, -0.2) is 54.5 Å². The zero-order chi connectivity index (χ0) is 20.2. The third-order valence-corrected chi connectivity index (χ3v) is 5.45. The van der Waals surface area contributed by atoms with Gasteiger partial charge in [-0.05, 0) is 24.6 Å². The zero-order valence-corrected chi connectivity index (χ0v) is 16.6. The normalized spacial score (nSPS) is 19.5. The van der Waals surface area contributed by atoms with Crippen molar-refractivity contribution in [2.24, 2.45) is 5.92 Å². The molecule has 1 atom stereocenters. The van der Waals surface area contributed by atoms with Gasteiger partial charge >= 0.3 is 0 Å². The van der Waals surface area contributed by atoms with Crippen molar-refractivity contribution in [1.29, 1.82) is 0 Å². The Balaban J connectivity index is 1.32. The molecular weight excluding hydrogens is 368 g/mol. The van der Waals surface area contributed by atoms with E-state index in [9.17, 15) is 9.59 Å². The van der Waals surface area contributed by atoms with Crippen LogP contribution in [0, 0.1) is 12.8 Å². The summed E-state index contributed by atoms with van der Waals surface area (Å²) in [6.07, 6.45) is 2.01. The van der Waals surface area contributed by atoms with E-state index in [-0.39, 0.29) is 24.2 Å². The van der Waals surface area contributed by atoms with Gasteiger partial charge in [0, 0.05) is 32.6 Å². The number of rotatable bonds is 5. The Morgan fingerprint density at radius 1 is 1.17 bits per heavy atom. The number of hydrogen-bond donors (Lipinski definition) is 1. The van der Waals surface area contributed by atoms with Crippen LogP contribution in [0.5, 0.6) is 0 Å². The molecule has 0 saturated carbocycles. The molecule has 1 N–H and O–H groups in total. The zero-order valence-electron chi connectivity index (χ0n) is 16.6. The molecule has 4 rings (SSSR count). The lowest BCUT2D eigenvalue weighted by atomic mass is 10.1. The van der Waals surface area contributed by atoms with Crippen LogP contribution in [-0.2, 0) is 20.9 Å². The average Bonchev–Trinajstić information content (AvgIpc) is 3.11. The molecule has 2 amide bonds. The summed E-state index contributed by atoms with van der Waals surface area (Å²) < 4.78 is 5.36. The predicted octanol–water partition coefficient (Wildman–Crippen LogP) is 2.21. The number of carbonyl (C=O) groups excluding carboxylic acids is 2. The summed E-state index contributed by atoms with van der Waals surface area (Å²) in [5.41, 5.74) is 3.28. The number of pyridine rings is 1. The molecule has 2 saturated heterocycles. The van der Waals surface area contributed by atoms with Crippen molar-refractivity contribution in [1.82, 2.24) is 9.88 Å². The number of benzene rings is 1. The first-order chi connectivity index (χ1) is 14.1. The van der Waals surface area contributed by atoms with Crippen LogP contribution >= 0.6 is 0 Å². The van der Waals surface area contributed by atoms with Crippen LogP contribution in [0.15, 0.2) is 42.6 Å². The van der Waals surface area contributed by atoms with Crippen LogP contribution in [0.4, 0.5) is 11.5 Å². The van der Waals surface area contributed by atoms with Gasteiger partial charge < -0.3 is 19.9 Å². The van der Waals surface area contributed by atoms with Gasteiger partial charge in [0.2, 0.25) is 11.8 Å². The molecule has 0 bridgehead atoms. The molecule has 7 heteroatoms. The van der Waals surface area contributed by atoms with Gasteiger partial charge in [0.1, 0.15) is 5.82 Å². The van der Waals surface area contributed by atoms with E-state index >= 15 is 0 Å². The number of nitrogens with zero attached hydrogens (tertiary/aromatic N) is 3. The highest BCUT2D eigenvalue weighted by molar-refractivity contribution is 5.96. The molecule has 152 valence electrons. The lowest BCUT2D eigenvalue weighted by Gasteiger charge is -2.28. The Morgan fingerprint density at radius 3 is 2.62 bits per heavy atom. The summed E-state index contributed by atoms with van der Waals surface area (Å²) in [6, 6.07) is 11.9. The second-order valence-electron chi connectivity index (χ2n) is 7.65. The van der Waals surface area contributed by atoms with Gasteiger partial charge in [-0.2, -0.15) is 0 Å². The van der Waals surface area contributed by atoms with E-state index in [1.54, 1.807) is 11.1 Å². The van der Waals surface area contributed by atoms with Gasteiger partial charge in [0.15, 0.2) is 0 Å². The molecule has 1 aromatic heterocycles. The molecular formula is C22H26N4O3. The molecule has 29 heavy (non-hydrogen) atoms. The quantitative estimate of drug-likeness (QED) is 0.842. The predicted molar refractivity (Wildman–Crippen MR) is 111 cm³/mol. The van der Waals surface area contributed by atoms with Crippen LogP contribution in [0.25, 0.3) is 0 Å². The Bertz CT molecular complexity index is 861. The van der Waals surface area contributed by atoms with Gasteiger partial charge in [-0.15, -0.1) is 0 Å². The van der Waals surface area contributed by atoms with Crippen molar-refractivity contribution in [3.05, 3.63) is 53.7 Å². The standard InChI is InChI=1S/C22H26N4O3/c1-16-2-4-17(5-3-16)14-26-15-18(12-21(26)27)22(28)24-20-7-6-19(13-23-20)25-8-10-29-11-9-25/h2-7,13,18H,8-12,14-15H2,1H3,(H,23,24,28). The minimum Gasteiger partial charge on any atom is -0.378 e. The molecule has 1 unspecified atom stereocenters. The molecule has 1 aromatic carbocycles. The van der Waals surface area contributed by atoms with E-state index in [2.05, 4.69) is 15.2 Å². The Morgan fingerprint density at radius 2 is 1.93 bits per heavy atom. The molecule has 0 aliphatic carbocycles. The number of nitrogens with one attached hydrogen (secondary N) is 1. The van der Waals surface area contributed by atoms with Crippen molar-refractivity contribution >= 4 is 23.3 Å². The van der Waals surface area contributed by atoms with E-state index in [1.807, 2.05) is 43.3 Å². The number of ether oxygens (including phenoxy) is 1. The maximum Gasteiger partial charge on any atom is 0.230 e. The van der Waals surface area contributed by atoms with E-state index in [0.29, 0.717) is 32.1 Å². The summed E-state index contributed by atoms with van der Waals surface area (Å²) in [5.74, 6) is 0.0165. The lowest BCUT2D eigenvalue weighted by Crippen LogP contribution is -2.36. The first-order valence-corrected chi connectivity index (χ1v) is 10.0. The van der Waals surface area contributed by atoms with Crippen molar-refractivity contribution in [2.45, 2.75) is 19.9 Å². The monoisotopic (exact) mass is 394 g/mol. The number of anilines is 2. The second-order valence-corrected chi connectivity index (χ2v) is 7.65. The van der Waals surface area contributed by atoms with E-state index in [1.165, 1.54) is 5.56 Å². The fraction of sp³-hybridized carbons (Fsp3) is 0.409. The number of carbonyl (C=O) groups is 2. The molecule has 7 nitrogen and oxygen atoms in total. The molecule has 3 heterocycles. The van der Waals surface area contributed by atoms with Gasteiger partial charge in [0.05, 0.1) is 31.0 Å². The van der Waals surface area contributed by atoms with E-state index < -0.39 is 0 Å². The van der Waals surface area contributed by atoms with Gasteiger partial charge in [0.25, 0.3) is 0 Å². The highest BCUT2D eigenvalue weighted by Crippen LogP contribution is 2.22. The van der Waals surface area contributed by atoms with Crippen molar-refractivity contribution < 1.29 is 14.3 Å². The molecule has 2 fully saturated rings. The smallest absolute Gasteiger partial charge is 0.230 e. The average molecular weight is 394 g/mol. The number of hydrogen-bond acceptors (Lipinski definition) is 5. The molecule has 2 aliphatic heterocycles. The summed E-state index contributed by atoms with van der Waals surface area (Å²) in [7, 11) is 0. The van der Waals surface area contributed by atoms with Crippen molar-refractivity contribution in [3.63, 3.8) is 0 Å². The number of aryl methyl sites for hydroxylation is 1. The summed E-state index contributed by atoms with van der Waals surface area (Å²) in [5, 5.41) is 2.85. The van der Waals surface area contributed by atoms with Gasteiger partial charge in [-0.3, -0.25) is 9.59 Å². The van der Waals surface area contributed by atoms with Crippen LogP contribution in [0.2, 0.25) is 0 Å². The summed E-state index contributed by atoms with van der Waals surface area (Å²) in [6.45, 7) is 6.12. The van der Waals surface area contributed by atoms with E-state index in [4.69, 9.17) is 4.74 Å². The van der Waals surface area contributed by atoms with Gasteiger partial charge in [-0.25, -0.2) is 4.98 Å². The van der Waals surface area contributed by atoms with E-state index in [0.717, 1.165) is 24.3 Å². The fourth-order valence-electron chi connectivity index (χ4n) is 3.71. The molecule has 2 aliphatic rings. The first-order valence-electron chi connectivity index (χ1n) is 10.0. The topological polar surface area (TPSA) is 74.8 Å². The summed E-state index contributed by atoms with van der Waals surface area (Å²) >= 11 is 0. The highest BCUT2D eigenvalue weighted by Gasteiger charge is 2.34. The minimum absolute atomic E-state index is 0.0151. The Kier molecular flexibility index (Phi) is 5.76. The van der Waals surface area contributed by atoms with Gasteiger partial charge in [-0.1, -0.05) is 29.8 Å².